The van der Waals surface area contributed by atoms with Gasteiger partial charge < -0.3 is 5.32 Å². The van der Waals surface area contributed by atoms with Gasteiger partial charge in [0.2, 0.25) is 5.92 Å². The number of benzene rings is 1. The third-order valence-electron chi connectivity index (χ3n) is 4.29. The number of nitrogens with one attached hydrogen (secondary N) is 1. The van der Waals surface area contributed by atoms with E-state index in [1.165, 1.54) is 5.56 Å². The highest BCUT2D eigenvalue weighted by Crippen LogP contribution is 2.38. The Kier molecular flexibility index (Phi) is 4.92. The first kappa shape index (κ1) is 14.4. The predicted octanol–water partition coefficient (Wildman–Crippen LogP) is 4.03. The van der Waals surface area contributed by atoms with Crippen LogP contribution in [0, 0.1) is 5.92 Å². The topological polar surface area (TPSA) is 12.0 Å². The van der Waals surface area contributed by atoms with Gasteiger partial charge in [-0.15, -0.1) is 0 Å². The van der Waals surface area contributed by atoms with E-state index < -0.39 is 5.92 Å². The van der Waals surface area contributed by atoms with E-state index in [4.69, 9.17) is 0 Å². The van der Waals surface area contributed by atoms with Gasteiger partial charge in [0.15, 0.2) is 0 Å². The Labute approximate surface area is 114 Å². The standard InChI is InChI=1S/C16H23F2N/c1-19-15(8-7-13-5-3-2-4-6-13)14-9-11-16(17,18)12-10-14/h2-6,14-15,19H,7-12H2,1H3. The van der Waals surface area contributed by atoms with E-state index in [1.54, 1.807) is 0 Å². The quantitative estimate of drug-likeness (QED) is 0.849. The van der Waals surface area contributed by atoms with E-state index in [0.29, 0.717) is 24.8 Å². The summed E-state index contributed by atoms with van der Waals surface area (Å²) in [5, 5.41) is 3.32. The van der Waals surface area contributed by atoms with Gasteiger partial charge in [0.05, 0.1) is 0 Å². The van der Waals surface area contributed by atoms with E-state index in [9.17, 15) is 8.78 Å². The van der Waals surface area contributed by atoms with Gasteiger partial charge in [0.1, 0.15) is 0 Å². The molecule has 0 aliphatic heterocycles. The Hall–Kier alpha value is -0.960. The molecule has 1 nitrogen and oxygen atoms in total. The summed E-state index contributed by atoms with van der Waals surface area (Å²) in [5.74, 6) is -2.03. The zero-order valence-electron chi connectivity index (χ0n) is 11.5. The Morgan fingerprint density at radius 3 is 2.42 bits per heavy atom. The molecule has 106 valence electrons. The Bertz CT molecular complexity index is 368. The second-order valence-electron chi connectivity index (χ2n) is 5.61. The fraction of sp³-hybridized carbons (Fsp3) is 0.625. The van der Waals surface area contributed by atoms with E-state index in [1.807, 2.05) is 25.2 Å². The van der Waals surface area contributed by atoms with Crippen LogP contribution in [-0.2, 0) is 6.42 Å². The Morgan fingerprint density at radius 2 is 1.84 bits per heavy atom. The molecule has 1 N–H and O–H groups in total. The SMILES string of the molecule is CNC(CCc1ccccc1)C1CCC(F)(F)CC1. The monoisotopic (exact) mass is 267 g/mol. The molecule has 0 aromatic heterocycles. The highest BCUT2D eigenvalue weighted by Gasteiger charge is 2.37. The number of hydrogen-bond donors (Lipinski definition) is 1. The summed E-state index contributed by atoms with van der Waals surface area (Å²) < 4.78 is 26.4. The molecule has 1 aromatic carbocycles. The summed E-state index contributed by atoms with van der Waals surface area (Å²) in [7, 11) is 1.95. The van der Waals surface area contributed by atoms with Crippen LogP contribution >= 0.6 is 0 Å². The van der Waals surface area contributed by atoms with Gasteiger partial charge in [-0.25, -0.2) is 8.78 Å². The molecule has 0 amide bonds. The van der Waals surface area contributed by atoms with Crippen molar-refractivity contribution in [1.29, 1.82) is 0 Å². The molecule has 0 radical (unpaired) electrons. The predicted molar refractivity (Wildman–Crippen MR) is 74.5 cm³/mol. The van der Waals surface area contributed by atoms with Crippen molar-refractivity contribution in [3.63, 3.8) is 0 Å². The number of hydrogen-bond acceptors (Lipinski definition) is 1. The molecule has 1 fully saturated rings. The fourth-order valence-corrected chi connectivity index (χ4v) is 3.05. The number of rotatable bonds is 5. The van der Waals surface area contributed by atoms with Crippen molar-refractivity contribution in [1.82, 2.24) is 5.32 Å². The first-order chi connectivity index (χ1) is 9.11. The highest BCUT2D eigenvalue weighted by molar-refractivity contribution is 5.14. The second kappa shape index (κ2) is 6.47. The fourth-order valence-electron chi connectivity index (χ4n) is 3.05. The average Bonchev–Trinajstić information content (AvgIpc) is 2.42. The summed E-state index contributed by atoms with van der Waals surface area (Å²) in [6, 6.07) is 10.7. The third-order valence-corrected chi connectivity index (χ3v) is 4.29. The molecule has 0 bridgehead atoms. The molecule has 2 rings (SSSR count). The maximum atomic E-state index is 13.2. The van der Waals surface area contributed by atoms with Crippen LogP contribution in [0.25, 0.3) is 0 Å². The number of aryl methyl sites for hydroxylation is 1. The highest BCUT2D eigenvalue weighted by atomic mass is 19.3. The molecule has 1 aliphatic carbocycles. The van der Waals surface area contributed by atoms with Crippen LogP contribution in [0.3, 0.4) is 0 Å². The minimum absolute atomic E-state index is 0.0567. The lowest BCUT2D eigenvalue weighted by Crippen LogP contribution is -2.38. The molecule has 0 saturated heterocycles. The van der Waals surface area contributed by atoms with Crippen molar-refractivity contribution in [2.75, 3.05) is 7.05 Å². The van der Waals surface area contributed by atoms with E-state index in [0.717, 1.165) is 12.8 Å². The first-order valence-corrected chi connectivity index (χ1v) is 7.20. The second-order valence-corrected chi connectivity index (χ2v) is 5.61. The first-order valence-electron chi connectivity index (χ1n) is 7.20. The van der Waals surface area contributed by atoms with E-state index >= 15 is 0 Å². The Morgan fingerprint density at radius 1 is 1.21 bits per heavy atom. The van der Waals surface area contributed by atoms with Crippen LogP contribution in [0.15, 0.2) is 30.3 Å². The molecule has 1 aliphatic rings. The van der Waals surface area contributed by atoms with Gasteiger partial charge >= 0.3 is 0 Å². The molecule has 3 heteroatoms. The van der Waals surface area contributed by atoms with Crippen molar-refractivity contribution in [3.8, 4) is 0 Å². The molecule has 1 atom stereocenters. The molecular formula is C16H23F2N. The van der Waals surface area contributed by atoms with Crippen molar-refractivity contribution in [2.45, 2.75) is 50.5 Å². The third kappa shape index (κ3) is 4.27. The van der Waals surface area contributed by atoms with E-state index in [-0.39, 0.29) is 12.8 Å². The minimum Gasteiger partial charge on any atom is -0.317 e. The molecular weight excluding hydrogens is 244 g/mol. The smallest absolute Gasteiger partial charge is 0.248 e. The normalized spacial score (nSPS) is 21.2. The van der Waals surface area contributed by atoms with Gasteiger partial charge in [0, 0.05) is 18.9 Å². The lowest BCUT2D eigenvalue weighted by Gasteiger charge is -2.33. The largest absolute Gasteiger partial charge is 0.317 e. The van der Waals surface area contributed by atoms with Crippen molar-refractivity contribution in [2.24, 2.45) is 5.92 Å². The molecule has 1 saturated carbocycles. The van der Waals surface area contributed by atoms with Crippen molar-refractivity contribution in [3.05, 3.63) is 35.9 Å². The van der Waals surface area contributed by atoms with Crippen LogP contribution in [0.5, 0.6) is 0 Å². The Balaban J connectivity index is 1.84. The molecule has 1 unspecified atom stereocenters. The van der Waals surface area contributed by atoms with E-state index in [2.05, 4.69) is 17.4 Å². The minimum atomic E-state index is -2.42. The van der Waals surface area contributed by atoms with Crippen LogP contribution < -0.4 is 5.32 Å². The summed E-state index contributed by atoms with van der Waals surface area (Å²) in [6.07, 6.45) is 3.44. The van der Waals surface area contributed by atoms with Crippen LogP contribution in [0.4, 0.5) is 8.78 Å². The van der Waals surface area contributed by atoms with Crippen molar-refractivity contribution < 1.29 is 8.78 Å². The van der Waals surface area contributed by atoms with Crippen LogP contribution in [0.2, 0.25) is 0 Å². The molecule has 0 spiro atoms. The lowest BCUT2D eigenvalue weighted by molar-refractivity contribution is -0.0495. The zero-order valence-corrected chi connectivity index (χ0v) is 11.5. The summed E-state index contributed by atoms with van der Waals surface area (Å²) in [4.78, 5) is 0. The number of halogens is 2. The lowest BCUT2D eigenvalue weighted by atomic mass is 9.80. The summed E-state index contributed by atoms with van der Waals surface area (Å²) in [6.45, 7) is 0. The summed E-state index contributed by atoms with van der Waals surface area (Å²) >= 11 is 0. The van der Waals surface area contributed by atoms with Gasteiger partial charge in [-0.3, -0.25) is 0 Å². The molecule has 0 heterocycles. The summed E-state index contributed by atoms with van der Waals surface area (Å²) in [5.41, 5.74) is 1.32. The molecule has 1 aromatic rings. The molecule has 19 heavy (non-hydrogen) atoms. The average molecular weight is 267 g/mol. The van der Waals surface area contributed by atoms with Crippen molar-refractivity contribution >= 4 is 0 Å². The van der Waals surface area contributed by atoms with Gasteiger partial charge in [0.25, 0.3) is 0 Å². The maximum absolute atomic E-state index is 13.2. The van der Waals surface area contributed by atoms with Crippen LogP contribution in [-0.4, -0.2) is 19.0 Å². The zero-order chi connectivity index (χ0) is 13.7. The van der Waals surface area contributed by atoms with Gasteiger partial charge in [-0.2, -0.15) is 0 Å². The maximum Gasteiger partial charge on any atom is 0.248 e. The van der Waals surface area contributed by atoms with Gasteiger partial charge in [-0.05, 0) is 44.2 Å². The van der Waals surface area contributed by atoms with Crippen LogP contribution in [0.1, 0.15) is 37.7 Å². The van der Waals surface area contributed by atoms with Gasteiger partial charge in [-0.1, -0.05) is 30.3 Å². The number of alkyl halides is 2.